The van der Waals surface area contributed by atoms with E-state index in [4.69, 9.17) is 23.2 Å². The number of rotatable bonds is 5. The van der Waals surface area contributed by atoms with Gasteiger partial charge in [0.15, 0.2) is 0 Å². The van der Waals surface area contributed by atoms with Crippen LogP contribution in [0.2, 0.25) is 10.0 Å². The van der Waals surface area contributed by atoms with E-state index in [0.29, 0.717) is 34.1 Å². The number of halogens is 2. The normalized spacial score (nSPS) is 13.9. The number of carbonyl (C=O) groups excluding carboxylic acids is 2. The van der Waals surface area contributed by atoms with Crippen molar-refractivity contribution < 1.29 is 9.59 Å². The highest BCUT2D eigenvalue weighted by atomic mass is 35.5. The molecule has 0 N–H and O–H groups in total. The van der Waals surface area contributed by atoms with Gasteiger partial charge < -0.3 is 4.90 Å². The van der Waals surface area contributed by atoms with Crippen molar-refractivity contribution in [2.24, 2.45) is 0 Å². The second kappa shape index (κ2) is 8.34. The van der Waals surface area contributed by atoms with Crippen molar-refractivity contribution in [3.8, 4) is 0 Å². The van der Waals surface area contributed by atoms with Crippen molar-refractivity contribution in [1.29, 1.82) is 0 Å². The van der Waals surface area contributed by atoms with Gasteiger partial charge in [-0.2, -0.15) is 0 Å². The van der Waals surface area contributed by atoms with Crippen LogP contribution in [0, 0.1) is 0 Å². The first-order valence-corrected chi connectivity index (χ1v) is 10.2. The van der Waals surface area contributed by atoms with E-state index in [2.05, 4.69) is 0 Å². The molecule has 4 rings (SSSR count). The second-order valence-electron chi connectivity index (χ2n) is 6.71. The number of hydrogen-bond acceptors (Lipinski definition) is 3. The van der Waals surface area contributed by atoms with Crippen molar-refractivity contribution in [3.05, 3.63) is 100 Å². The minimum Gasteiger partial charge on any atom is -0.337 e. The maximum atomic E-state index is 13.6. The van der Waals surface area contributed by atoms with E-state index < -0.39 is 11.8 Å². The van der Waals surface area contributed by atoms with Crippen molar-refractivity contribution in [1.82, 2.24) is 0 Å². The summed E-state index contributed by atoms with van der Waals surface area (Å²) in [5.74, 6) is -0.795. The topological polar surface area (TPSA) is 40.6 Å². The smallest absolute Gasteiger partial charge is 0.282 e. The Bertz CT molecular complexity index is 1140. The van der Waals surface area contributed by atoms with Crippen LogP contribution in [0.25, 0.3) is 5.57 Å². The molecule has 0 aliphatic carbocycles. The van der Waals surface area contributed by atoms with Crippen LogP contribution in [0.5, 0.6) is 0 Å². The van der Waals surface area contributed by atoms with Crippen LogP contribution in [-0.4, -0.2) is 18.4 Å². The fourth-order valence-electron chi connectivity index (χ4n) is 3.57. The number of nitrogens with zero attached hydrogens (tertiary/aromatic N) is 2. The molecule has 0 radical (unpaired) electrons. The van der Waals surface area contributed by atoms with Gasteiger partial charge in [-0.3, -0.25) is 9.59 Å². The average Bonchev–Trinajstić information content (AvgIpc) is 3.02. The van der Waals surface area contributed by atoms with Gasteiger partial charge in [0.1, 0.15) is 5.70 Å². The minimum absolute atomic E-state index is 0.278. The highest BCUT2D eigenvalue weighted by molar-refractivity contribution is 6.47. The molecule has 3 aromatic rings. The van der Waals surface area contributed by atoms with Crippen molar-refractivity contribution in [3.63, 3.8) is 0 Å². The van der Waals surface area contributed by atoms with E-state index in [1.165, 1.54) is 6.07 Å². The third-order valence-electron chi connectivity index (χ3n) is 4.94. The van der Waals surface area contributed by atoms with Crippen molar-refractivity contribution >= 4 is 52.0 Å². The number of benzene rings is 3. The third-order valence-corrected chi connectivity index (χ3v) is 5.68. The first kappa shape index (κ1) is 20.2. The van der Waals surface area contributed by atoms with Crippen LogP contribution in [0.3, 0.4) is 0 Å². The number of hydrogen-bond donors (Lipinski definition) is 0. The largest absolute Gasteiger partial charge is 0.337 e. The Morgan fingerprint density at radius 2 is 1.43 bits per heavy atom. The first-order valence-electron chi connectivity index (χ1n) is 9.49. The van der Waals surface area contributed by atoms with Crippen LogP contribution < -0.4 is 9.80 Å². The quantitative estimate of drug-likeness (QED) is 0.474. The Hall–Kier alpha value is -3.08. The number of amides is 2. The van der Waals surface area contributed by atoms with Gasteiger partial charge in [-0.25, -0.2) is 4.90 Å². The molecular weight excluding hydrogens is 419 g/mol. The molecule has 1 aliphatic heterocycles. The molecule has 2 amide bonds. The molecule has 30 heavy (non-hydrogen) atoms. The van der Waals surface area contributed by atoms with Crippen molar-refractivity contribution in [2.75, 3.05) is 16.3 Å². The zero-order chi connectivity index (χ0) is 21.3. The van der Waals surface area contributed by atoms with Gasteiger partial charge in [-0.1, -0.05) is 71.7 Å². The van der Waals surface area contributed by atoms with Gasteiger partial charge in [-0.05, 0) is 42.8 Å². The first-order chi connectivity index (χ1) is 14.5. The summed E-state index contributed by atoms with van der Waals surface area (Å²) >= 11 is 12.2. The van der Waals surface area contributed by atoms with Crippen molar-refractivity contribution in [2.45, 2.75) is 6.92 Å². The van der Waals surface area contributed by atoms with Crippen LogP contribution in [-0.2, 0) is 9.59 Å². The molecule has 150 valence electrons. The Labute approximate surface area is 184 Å². The van der Waals surface area contributed by atoms with Gasteiger partial charge in [0.25, 0.3) is 11.8 Å². The zero-order valence-electron chi connectivity index (χ0n) is 16.2. The predicted octanol–water partition coefficient (Wildman–Crippen LogP) is 5.80. The maximum absolute atomic E-state index is 13.6. The van der Waals surface area contributed by atoms with E-state index in [0.717, 1.165) is 10.6 Å². The molecule has 0 aromatic heterocycles. The molecule has 3 aromatic carbocycles. The van der Waals surface area contributed by atoms with Crippen LogP contribution in [0.1, 0.15) is 12.5 Å². The van der Waals surface area contributed by atoms with E-state index >= 15 is 0 Å². The summed E-state index contributed by atoms with van der Waals surface area (Å²) in [4.78, 5) is 30.1. The highest BCUT2D eigenvalue weighted by Crippen LogP contribution is 2.38. The lowest BCUT2D eigenvalue weighted by atomic mass is 10.0. The molecule has 0 fully saturated rings. The molecule has 0 atom stereocenters. The monoisotopic (exact) mass is 436 g/mol. The van der Waals surface area contributed by atoms with Crippen LogP contribution in [0.15, 0.2) is 84.6 Å². The molecular formula is C24H18Cl2N2O2. The fraction of sp³-hybridized carbons (Fsp3) is 0.0833. The predicted molar refractivity (Wildman–Crippen MR) is 122 cm³/mol. The van der Waals surface area contributed by atoms with E-state index in [9.17, 15) is 9.59 Å². The molecule has 6 heteroatoms. The summed E-state index contributed by atoms with van der Waals surface area (Å²) in [6.07, 6.45) is 0. The Balaban J connectivity index is 1.90. The van der Waals surface area contributed by atoms with E-state index in [1.807, 2.05) is 72.5 Å². The van der Waals surface area contributed by atoms with E-state index in [1.54, 1.807) is 12.1 Å². The number of likely N-dealkylation sites (N-methyl/N-ethyl adjacent to an activating group) is 1. The van der Waals surface area contributed by atoms with Gasteiger partial charge >= 0.3 is 0 Å². The molecule has 0 saturated carbocycles. The fourth-order valence-corrected chi connectivity index (χ4v) is 3.86. The number of imide groups is 1. The molecule has 0 unspecified atom stereocenters. The number of para-hydroxylation sites is 1. The third kappa shape index (κ3) is 3.49. The summed E-state index contributed by atoms with van der Waals surface area (Å²) in [6, 6.07) is 23.5. The van der Waals surface area contributed by atoms with Gasteiger partial charge in [-0.15, -0.1) is 0 Å². The lowest BCUT2D eigenvalue weighted by Gasteiger charge is -2.25. The molecule has 0 spiro atoms. The lowest BCUT2D eigenvalue weighted by molar-refractivity contribution is -0.120. The maximum Gasteiger partial charge on any atom is 0.282 e. The van der Waals surface area contributed by atoms with Gasteiger partial charge in [0.2, 0.25) is 0 Å². The highest BCUT2D eigenvalue weighted by Gasteiger charge is 2.42. The number of carbonyl (C=O) groups is 2. The van der Waals surface area contributed by atoms with Crippen LogP contribution in [0.4, 0.5) is 11.4 Å². The SMILES string of the molecule is CCN(C1=C(c2ccccc2)C(=O)N(c2ccc(Cl)c(Cl)c2)C1=O)c1ccccc1. The Kier molecular flexibility index (Phi) is 5.62. The van der Waals surface area contributed by atoms with Gasteiger partial charge in [0, 0.05) is 12.2 Å². The minimum atomic E-state index is -0.400. The summed E-state index contributed by atoms with van der Waals surface area (Å²) in [5, 5.41) is 0.635. The summed E-state index contributed by atoms with van der Waals surface area (Å²) in [7, 11) is 0. The molecule has 4 nitrogen and oxygen atoms in total. The molecule has 0 saturated heterocycles. The zero-order valence-corrected chi connectivity index (χ0v) is 17.7. The van der Waals surface area contributed by atoms with E-state index in [-0.39, 0.29) is 5.02 Å². The lowest BCUT2D eigenvalue weighted by Crippen LogP contribution is -2.35. The summed E-state index contributed by atoms with van der Waals surface area (Å²) in [6.45, 7) is 2.46. The average molecular weight is 437 g/mol. The summed E-state index contributed by atoms with van der Waals surface area (Å²) in [5.41, 5.74) is 2.60. The molecule has 1 aliphatic rings. The van der Waals surface area contributed by atoms with Crippen LogP contribution >= 0.6 is 23.2 Å². The standard InChI is InChI=1S/C24H18Cl2N2O2/c1-2-27(17-11-7-4-8-12-17)22-21(16-9-5-3-6-10-16)23(29)28(24(22)30)18-13-14-19(25)20(26)15-18/h3-15H,2H2,1H3. The number of anilines is 2. The Morgan fingerprint density at radius 3 is 2.03 bits per heavy atom. The second-order valence-corrected chi connectivity index (χ2v) is 7.53. The molecule has 0 bridgehead atoms. The molecule has 1 heterocycles. The summed E-state index contributed by atoms with van der Waals surface area (Å²) < 4.78 is 0. The Morgan fingerprint density at radius 1 is 0.800 bits per heavy atom. The van der Waals surface area contributed by atoms with Gasteiger partial charge in [0.05, 0.1) is 21.3 Å².